The second kappa shape index (κ2) is 11.0. The highest BCUT2D eigenvalue weighted by atomic mass is 79.9. The Morgan fingerprint density at radius 1 is 1.25 bits per heavy atom. The van der Waals surface area contributed by atoms with Gasteiger partial charge in [-0.25, -0.2) is 0 Å². The summed E-state index contributed by atoms with van der Waals surface area (Å²) in [5.74, 6) is 0.0497. The fourth-order valence-electron chi connectivity index (χ4n) is 3.00. The van der Waals surface area contributed by atoms with Gasteiger partial charge in [-0.1, -0.05) is 47.8 Å². The molecule has 1 unspecified atom stereocenters. The number of benzene rings is 2. The highest BCUT2D eigenvalue weighted by Crippen LogP contribution is 2.32. The number of carbonyl (C=O) groups excluding carboxylic acids is 1. The Hall–Kier alpha value is -2.11. The van der Waals surface area contributed by atoms with Crippen molar-refractivity contribution in [3.8, 4) is 11.5 Å². The molecule has 0 amide bonds. The zero-order valence-corrected chi connectivity index (χ0v) is 18.1. The lowest BCUT2D eigenvalue weighted by molar-refractivity contribution is 0.0430. The molecule has 0 radical (unpaired) electrons. The molecule has 0 saturated carbocycles. The van der Waals surface area contributed by atoms with E-state index in [4.69, 9.17) is 4.74 Å². The minimum absolute atomic E-state index is 0.0795. The van der Waals surface area contributed by atoms with Crippen LogP contribution >= 0.6 is 15.9 Å². The first kappa shape index (κ1) is 22.2. The molecule has 4 nitrogen and oxygen atoms in total. The van der Waals surface area contributed by atoms with Crippen molar-refractivity contribution in [3.05, 3.63) is 70.7 Å². The largest absolute Gasteiger partial charge is 0.507 e. The molecule has 2 rings (SSSR count). The summed E-state index contributed by atoms with van der Waals surface area (Å²) in [6.07, 6.45) is 5.72. The van der Waals surface area contributed by atoms with Crippen LogP contribution in [0.5, 0.6) is 11.5 Å². The molecule has 1 N–H and O–H groups in total. The number of ketones is 1. The lowest BCUT2D eigenvalue weighted by atomic mass is 10.0. The van der Waals surface area contributed by atoms with Gasteiger partial charge < -0.3 is 9.84 Å². The summed E-state index contributed by atoms with van der Waals surface area (Å²) in [6, 6.07) is 12.0. The Morgan fingerprint density at radius 3 is 2.61 bits per heavy atom. The molecule has 2 aromatic carbocycles. The molecular weight excluding hydrogens is 418 g/mol. The van der Waals surface area contributed by atoms with E-state index < -0.39 is 0 Å². The molecule has 0 fully saturated rings. The molecule has 0 spiro atoms. The van der Waals surface area contributed by atoms with Gasteiger partial charge in [0.05, 0.1) is 0 Å². The molecule has 0 aromatic heterocycles. The Morgan fingerprint density at radius 2 is 1.96 bits per heavy atom. The third-order valence-electron chi connectivity index (χ3n) is 4.56. The number of aromatic hydroxyl groups is 1. The molecule has 0 bridgehead atoms. The van der Waals surface area contributed by atoms with Crippen LogP contribution < -0.4 is 4.74 Å². The number of likely N-dealkylation sites (N-methyl/N-ethyl adjacent to an activating group) is 1. The number of ether oxygens (including phenoxy) is 1. The first-order chi connectivity index (χ1) is 13.5. The lowest BCUT2D eigenvalue weighted by Crippen LogP contribution is -2.37. The Labute approximate surface area is 176 Å². The van der Waals surface area contributed by atoms with E-state index in [1.54, 1.807) is 36.4 Å². The topological polar surface area (TPSA) is 49.8 Å². The molecule has 0 aliphatic carbocycles. The normalized spacial score (nSPS) is 12.0. The molecular formula is C23H28BrNO3. The number of rotatable bonds is 11. The van der Waals surface area contributed by atoms with Crippen LogP contribution in [0.1, 0.15) is 48.5 Å². The summed E-state index contributed by atoms with van der Waals surface area (Å²) in [7, 11) is 1.97. The summed E-state index contributed by atoms with van der Waals surface area (Å²) < 4.78 is 7.13. The summed E-state index contributed by atoms with van der Waals surface area (Å²) in [5, 5.41) is 10.4. The average Bonchev–Trinajstić information content (AvgIpc) is 2.68. The minimum Gasteiger partial charge on any atom is -0.507 e. The highest BCUT2D eigenvalue weighted by Gasteiger charge is 2.23. The van der Waals surface area contributed by atoms with Crippen molar-refractivity contribution in [1.29, 1.82) is 0 Å². The van der Waals surface area contributed by atoms with Crippen molar-refractivity contribution in [1.82, 2.24) is 4.90 Å². The first-order valence-electron chi connectivity index (χ1n) is 9.58. The number of phenolic OH excluding ortho intramolecular Hbond substituents is 1. The van der Waals surface area contributed by atoms with Crippen molar-refractivity contribution in [2.75, 3.05) is 13.6 Å². The predicted octanol–water partition coefficient (Wildman–Crippen LogP) is 5.79. The van der Waals surface area contributed by atoms with Gasteiger partial charge in [-0.15, -0.1) is 6.58 Å². The van der Waals surface area contributed by atoms with E-state index in [0.29, 0.717) is 17.9 Å². The van der Waals surface area contributed by atoms with E-state index in [2.05, 4.69) is 34.3 Å². The molecule has 1 atom stereocenters. The van der Waals surface area contributed by atoms with Crippen molar-refractivity contribution >= 4 is 21.7 Å². The molecule has 2 aromatic rings. The highest BCUT2D eigenvalue weighted by molar-refractivity contribution is 9.10. The predicted molar refractivity (Wildman–Crippen MR) is 117 cm³/mol. The Bertz CT molecular complexity index is 789. The van der Waals surface area contributed by atoms with Crippen molar-refractivity contribution in [2.45, 2.75) is 38.8 Å². The molecule has 0 saturated heterocycles. The molecule has 5 heteroatoms. The first-order valence-corrected chi connectivity index (χ1v) is 10.4. The van der Waals surface area contributed by atoms with Gasteiger partial charge in [0.15, 0.2) is 6.23 Å². The van der Waals surface area contributed by atoms with Gasteiger partial charge >= 0.3 is 0 Å². The molecule has 0 heterocycles. The van der Waals surface area contributed by atoms with E-state index in [1.165, 1.54) is 6.07 Å². The van der Waals surface area contributed by atoms with E-state index in [-0.39, 0.29) is 23.3 Å². The number of hydrogen-bond acceptors (Lipinski definition) is 4. The van der Waals surface area contributed by atoms with E-state index in [9.17, 15) is 9.90 Å². The quantitative estimate of drug-likeness (QED) is 0.206. The van der Waals surface area contributed by atoms with E-state index in [1.807, 2.05) is 13.1 Å². The van der Waals surface area contributed by atoms with Crippen LogP contribution in [0.25, 0.3) is 0 Å². The smallest absolute Gasteiger partial charge is 0.200 e. The van der Waals surface area contributed by atoms with Crippen molar-refractivity contribution < 1.29 is 14.6 Å². The molecule has 0 aliphatic heterocycles. The number of unbranched alkanes of at least 4 members (excludes halogenated alkanes) is 2. The third kappa shape index (κ3) is 5.94. The maximum atomic E-state index is 13.1. The van der Waals surface area contributed by atoms with E-state index >= 15 is 0 Å². The summed E-state index contributed by atoms with van der Waals surface area (Å²) >= 11 is 3.37. The van der Waals surface area contributed by atoms with Crippen LogP contribution in [0, 0.1) is 0 Å². The fraction of sp³-hybridized carbons (Fsp3) is 0.348. The van der Waals surface area contributed by atoms with Gasteiger partial charge in [0, 0.05) is 16.6 Å². The standard InChI is InChI=1S/C23H28BrNO3/c1-4-6-7-11-21(25(3)16-5-2)28-20-10-8-9-19(26)22(20)23(27)17-12-14-18(24)15-13-17/h5,8-10,12-15,21,26H,2,4,6-7,11,16H2,1,3H3. The second-order valence-corrected chi connectivity index (χ2v) is 7.70. The molecule has 150 valence electrons. The fourth-order valence-corrected chi connectivity index (χ4v) is 3.26. The Balaban J connectivity index is 2.32. The SMILES string of the molecule is C=CCN(C)C(CCCCC)Oc1cccc(O)c1C(=O)c1ccc(Br)cc1. The summed E-state index contributed by atoms with van der Waals surface area (Å²) in [6.45, 7) is 6.63. The van der Waals surface area contributed by atoms with Crippen LogP contribution in [-0.4, -0.2) is 35.6 Å². The number of carbonyl (C=O) groups is 1. The van der Waals surface area contributed by atoms with Crippen LogP contribution in [0.15, 0.2) is 59.6 Å². The molecule has 28 heavy (non-hydrogen) atoms. The van der Waals surface area contributed by atoms with Crippen molar-refractivity contribution in [2.24, 2.45) is 0 Å². The zero-order valence-electron chi connectivity index (χ0n) is 16.5. The van der Waals surface area contributed by atoms with Gasteiger partial charge in [0.25, 0.3) is 0 Å². The van der Waals surface area contributed by atoms with Gasteiger partial charge in [-0.2, -0.15) is 0 Å². The third-order valence-corrected chi connectivity index (χ3v) is 5.09. The summed E-state index contributed by atoms with van der Waals surface area (Å²) in [5.41, 5.74) is 0.689. The monoisotopic (exact) mass is 445 g/mol. The maximum absolute atomic E-state index is 13.1. The molecule has 0 aliphatic rings. The minimum atomic E-state index is -0.265. The van der Waals surface area contributed by atoms with Crippen LogP contribution in [-0.2, 0) is 0 Å². The number of nitrogens with zero attached hydrogens (tertiary/aromatic N) is 1. The van der Waals surface area contributed by atoms with Crippen LogP contribution in [0.3, 0.4) is 0 Å². The van der Waals surface area contributed by atoms with Gasteiger partial charge in [-0.3, -0.25) is 9.69 Å². The number of halogens is 1. The lowest BCUT2D eigenvalue weighted by Gasteiger charge is -2.28. The van der Waals surface area contributed by atoms with E-state index in [0.717, 1.165) is 30.2 Å². The van der Waals surface area contributed by atoms with Gasteiger partial charge in [-0.05, 0) is 56.3 Å². The number of hydrogen-bond donors (Lipinski definition) is 1. The average molecular weight is 446 g/mol. The Kier molecular flexibility index (Phi) is 8.74. The van der Waals surface area contributed by atoms with Gasteiger partial charge in [0.1, 0.15) is 17.1 Å². The van der Waals surface area contributed by atoms with Crippen molar-refractivity contribution in [3.63, 3.8) is 0 Å². The zero-order chi connectivity index (χ0) is 20.5. The second-order valence-electron chi connectivity index (χ2n) is 6.78. The number of phenols is 1. The summed E-state index contributed by atoms with van der Waals surface area (Å²) in [4.78, 5) is 15.1. The van der Waals surface area contributed by atoms with Gasteiger partial charge in [0.2, 0.25) is 5.78 Å². The maximum Gasteiger partial charge on any atom is 0.200 e. The van der Waals surface area contributed by atoms with Crippen LogP contribution in [0.2, 0.25) is 0 Å². The van der Waals surface area contributed by atoms with Crippen LogP contribution in [0.4, 0.5) is 0 Å².